The molecule has 0 saturated carbocycles. The summed E-state index contributed by atoms with van der Waals surface area (Å²) in [6.07, 6.45) is -4.16. The van der Waals surface area contributed by atoms with Crippen molar-refractivity contribution in [2.75, 3.05) is 19.7 Å². The Hall–Kier alpha value is -3.32. The van der Waals surface area contributed by atoms with Crippen LogP contribution in [-0.2, 0) is 21.0 Å². The highest BCUT2D eigenvalue weighted by Crippen LogP contribution is 2.32. The number of pyridine rings is 1. The molecule has 0 radical (unpaired) electrons. The zero-order valence-corrected chi connectivity index (χ0v) is 20.3. The maximum absolute atomic E-state index is 13.2. The number of aromatic nitrogens is 1. The second kappa shape index (κ2) is 10.7. The number of hydrogen-bond acceptors (Lipinski definition) is 7. The molecule has 3 rings (SSSR count). The van der Waals surface area contributed by atoms with Crippen LogP contribution in [0.15, 0.2) is 46.3 Å². The van der Waals surface area contributed by atoms with Gasteiger partial charge in [0, 0.05) is 30.8 Å². The molecule has 1 aromatic carbocycles. The molecule has 13 heteroatoms. The highest BCUT2D eigenvalue weighted by Gasteiger charge is 2.37. The minimum atomic E-state index is -4.76. The first-order chi connectivity index (χ1) is 16.8. The maximum atomic E-state index is 13.2. The molecule has 0 bridgehead atoms. The summed E-state index contributed by atoms with van der Waals surface area (Å²) in [7, 11) is -3.83. The van der Waals surface area contributed by atoms with E-state index < -0.39 is 51.7 Å². The third-order valence-corrected chi connectivity index (χ3v) is 7.46. The van der Waals surface area contributed by atoms with Crippen LogP contribution in [0.4, 0.5) is 19.0 Å². The van der Waals surface area contributed by atoms with Crippen LogP contribution in [0, 0.1) is 17.2 Å². The zero-order chi connectivity index (χ0) is 26.7. The quantitative estimate of drug-likeness (QED) is 0.475. The van der Waals surface area contributed by atoms with Crippen molar-refractivity contribution >= 4 is 33.7 Å². The fourth-order valence-electron chi connectivity index (χ4n) is 3.71. The van der Waals surface area contributed by atoms with Gasteiger partial charge in [-0.05, 0) is 49.2 Å². The Bertz CT molecular complexity index is 1260. The Morgan fingerprint density at radius 1 is 1.25 bits per heavy atom. The first kappa shape index (κ1) is 27.3. The van der Waals surface area contributed by atoms with E-state index in [1.807, 2.05) is 6.92 Å². The molecule has 36 heavy (non-hydrogen) atoms. The van der Waals surface area contributed by atoms with E-state index in [2.05, 4.69) is 9.98 Å². The van der Waals surface area contributed by atoms with Gasteiger partial charge in [0.05, 0.1) is 23.6 Å². The van der Waals surface area contributed by atoms with E-state index in [9.17, 15) is 26.4 Å². The predicted octanol–water partition coefficient (Wildman–Crippen LogP) is 4.00. The Morgan fingerprint density at radius 2 is 1.92 bits per heavy atom. The van der Waals surface area contributed by atoms with Crippen LogP contribution in [0.5, 0.6) is 5.75 Å². The summed E-state index contributed by atoms with van der Waals surface area (Å²) in [5, 5.41) is 16.9. The van der Waals surface area contributed by atoms with Crippen LogP contribution >= 0.6 is 0 Å². The number of carboxylic acids is 1. The van der Waals surface area contributed by atoms with Gasteiger partial charge in [0.1, 0.15) is 11.4 Å². The first-order valence-corrected chi connectivity index (χ1v) is 12.4. The van der Waals surface area contributed by atoms with Gasteiger partial charge in [-0.15, -0.1) is 0 Å². The molecule has 0 aliphatic carbocycles. The number of benzene rings is 1. The largest absolute Gasteiger partial charge is 0.494 e. The molecule has 1 aliphatic heterocycles. The fraction of sp³-hybridized carbons (Fsp3) is 0.391. The maximum Gasteiger partial charge on any atom is 0.433 e. The number of alkyl halides is 3. The van der Waals surface area contributed by atoms with Crippen LogP contribution in [0.1, 0.15) is 31.5 Å². The number of aliphatic carboxylic acids is 1. The van der Waals surface area contributed by atoms with E-state index >= 15 is 0 Å². The number of nitrogens with one attached hydrogen (secondary N) is 1. The summed E-state index contributed by atoms with van der Waals surface area (Å²) in [6, 6.07) is 7.63. The van der Waals surface area contributed by atoms with E-state index in [-0.39, 0.29) is 29.5 Å². The van der Waals surface area contributed by atoms with Gasteiger partial charge in [-0.2, -0.15) is 17.5 Å². The van der Waals surface area contributed by atoms with Crippen molar-refractivity contribution in [3.05, 3.63) is 47.7 Å². The lowest BCUT2D eigenvalue weighted by Gasteiger charge is -2.16. The van der Waals surface area contributed by atoms with Crippen molar-refractivity contribution in [3.63, 3.8) is 0 Å². The summed E-state index contributed by atoms with van der Waals surface area (Å²) in [5.41, 5.74) is -1.83. The zero-order valence-electron chi connectivity index (χ0n) is 19.5. The molecule has 1 aromatic heterocycles. The third-order valence-electron chi connectivity index (χ3n) is 5.62. The molecule has 0 amide bonds. The second-order valence-corrected chi connectivity index (χ2v) is 10.2. The highest BCUT2D eigenvalue weighted by molar-refractivity contribution is 7.89. The van der Waals surface area contributed by atoms with Crippen LogP contribution in [0.3, 0.4) is 0 Å². The average molecular weight is 527 g/mol. The van der Waals surface area contributed by atoms with Gasteiger partial charge in [0.15, 0.2) is 5.82 Å². The highest BCUT2D eigenvalue weighted by atomic mass is 32.2. The number of carboxylic acid groups (broad SMARTS) is 1. The lowest BCUT2D eigenvalue weighted by atomic mass is 10.00. The van der Waals surface area contributed by atoms with E-state index in [1.54, 1.807) is 19.1 Å². The molecule has 1 fully saturated rings. The van der Waals surface area contributed by atoms with Crippen molar-refractivity contribution in [3.8, 4) is 5.75 Å². The van der Waals surface area contributed by atoms with Gasteiger partial charge in [-0.3, -0.25) is 4.79 Å². The number of nitrogens with zero attached hydrogens (tertiary/aromatic N) is 3. The molecule has 1 unspecified atom stereocenters. The summed E-state index contributed by atoms with van der Waals surface area (Å²) in [6.45, 7) is 4.25. The van der Waals surface area contributed by atoms with Crippen molar-refractivity contribution in [1.82, 2.24) is 9.29 Å². The average Bonchev–Trinajstić information content (AvgIpc) is 3.18. The Kier molecular flexibility index (Phi) is 8.14. The molecule has 2 heterocycles. The molecule has 2 aromatic rings. The van der Waals surface area contributed by atoms with Gasteiger partial charge in [0.2, 0.25) is 10.0 Å². The monoisotopic (exact) mass is 526 g/mol. The van der Waals surface area contributed by atoms with Gasteiger partial charge >= 0.3 is 12.1 Å². The number of sulfonamides is 1. The Labute approximate surface area is 206 Å². The Balaban J connectivity index is 1.85. The van der Waals surface area contributed by atoms with Gasteiger partial charge in [-0.1, -0.05) is 6.92 Å². The van der Waals surface area contributed by atoms with Gasteiger partial charge < -0.3 is 15.3 Å². The molecule has 2 atom stereocenters. The van der Waals surface area contributed by atoms with Crippen molar-refractivity contribution < 1.29 is 36.2 Å². The van der Waals surface area contributed by atoms with E-state index in [0.29, 0.717) is 18.4 Å². The third kappa shape index (κ3) is 6.26. The summed E-state index contributed by atoms with van der Waals surface area (Å²) in [5.74, 6) is -1.89. The van der Waals surface area contributed by atoms with Crippen LogP contribution in [0.2, 0.25) is 0 Å². The second-order valence-electron chi connectivity index (χ2n) is 8.26. The van der Waals surface area contributed by atoms with Crippen molar-refractivity contribution in [2.45, 2.75) is 31.3 Å². The first-order valence-electron chi connectivity index (χ1n) is 11.0. The van der Waals surface area contributed by atoms with Crippen molar-refractivity contribution in [1.29, 1.82) is 5.41 Å². The fourth-order valence-corrected chi connectivity index (χ4v) is 5.29. The van der Waals surface area contributed by atoms with Crippen LogP contribution in [0.25, 0.3) is 0 Å². The topological polar surface area (TPSA) is 133 Å². The minimum absolute atomic E-state index is 0.0427. The SMILES string of the molecule is CCOc1ccc(S(=O)(=O)N2CC(/C=N\c3nc(C(F)(F)F)ccc3C(=N)CC(=O)O)[C@@H](C)C2)cc1. The molecule has 194 valence electrons. The number of rotatable bonds is 9. The number of aliphatic imine (C=N–C) groups is 1. The van der Waals surface area contributed by atoms with E-state index in [1.165, 1.54) is 22.7 Å². The predicted molar refractivity (Wildman–Crippen MR) is 125 cm³/mol. The lowest BCUT2D eigenvalue weighted by Crippen LogP contribution is -2.29. The summed E-state index contributed by atoms with van der Waals surface area (Å²) >= 11 is 0. The minimum Gasteiger partial charge on any atom is -0.494 e. The number of hydrogen-bond donors (Lipinski definition) is 2. The Morgan fingerprint density at radius 3 is 2.50 bits per heavy atom. The number of halogens is 3. The molecule has 1 aliphatic rings. The van der Waals surface area contributed by atoms with E-state index in [0.717, 1.165) is 6.07 Å². The van der Waals surface area contributed by atoms with E-state index in [4.69, 9.17) is 15.3 Å². The molecular formula is C23H25F3N4O5S. The summed E-state index contributed by atoms with van der Waals surface area (Å²) in [4.78, 5) is 18.6. The number of ether oxygens (including phenoxy) is 1. The van der Waals surface area contributed by atoms with Gasteiger partial charge in [0.25, 0.3) is 0 Å². The smallest absolute Gasteiger partial charge is 0.433 e. The molecule has 0 spiro atoms. The molecule has 9 nitrogen and oxygen atoms in total. The molecule has 2 N–H and O–H groups in total. The van der Waals surface area contributed by atoms with Crippen LogP contribution < -0.4 is 4.74 Å². The van der Waals surface area contributed by atoms with Crippen molar-refractivity contribution in [2.24, 2.45) is 16.8 Å². The number of carbonyl (C=O) groups is 1. The van der Waals surface area contributed by atoms with Crippen LogP contribution in [-0.4, -0.2) is 60.4 Å². The van der Waals surface area contributed by atoms with Gasteiger partial charge in [-0.25, -0.2) is 18.4 Å². The standard InChI is InChI=1S/C23H25F3N4O5S/c1-3-35-16-4-6-17(7-5-16)36(33,34)30-12-14(2)15(13-30)11-28-22-18(19(27)10-21(31)32)8-9-20(29-22)23(24,25)26/h4-9,11,14-15,27H,3,10,12-13H2,1-2H3,(H,31,32)/b27-19?,28-11-/t14-,15?/m0/s1. The molecular weight excluding hydrogens is 501 g/mol. The summed E-state index contributed by atoms with van der Waals surface area (Å²) < 4.78 is 72.3. The molecule has 1 saturated heterocycles. The normalized spacial score (nSPS) is 19.0. The lowest BCUT2D eigenvalue weighted by molar-refractivity contribution is -0.141.